The molecule has 1 saturated carbocycles. The lowest BCUT2D eigenvalue weighted by Crippen LogP contribution is -2.45. The fourth-order valence-corrected chi connectivity index (χ4v) is 3.07. The third-order valence-corrected chi connectivity index (χ3v) is 5.14. The number of hydrogen-bond donors (Lipinski definition) is 2. The molecule has 0 spiro atoms. The molecular formula is C11H21NO4S. The van der Waals surface area contributed by atoms with E-state index in [2.05, 4.69) is 4.72 Å². The van der Waals surface area contributed by atoms with E-state index in [0.717, 1.165) is 19.3 Å². The molecule has 0 heterocycles. The van der Waals surface area contributed by atoms with Gasteiger partial charge in [0.1, 0.15) is 0 Å². The van der Waals surface area contributed by atoms with Crippen molar-refractivity contribution in [1.82, 2.24) is 4.72 Å². The maximum Gasteiger partial charge on any atom is 0.308 e. The van der Waals surface area contributed by atoms with Crippen molar-refractivity contribution in [3.05, 3.63) is 0 Å². The molecule has 0 aromatic rings. The van der Waals surface area contributed by atoms with E-state index < -0.39 is 33.2 Å². The fourth-order valence-electron chi connectivity index (χ4n) is 2.09. The highest BCUT2D eigenvalue weighted by Crippen LogP contribution is 2.24. The minimum atomic E-state index is -3.39. The molecule has 0 bridgehead atoms. The van der Waals surface area contributed by atoms with Crippen molar-refractivity contribution in [2.45, 2.75) is 57.2 Å². The summed E-state index contributed by atoms with van der Waals surface area (Å²) in [6, 6.07) is -0.456. The van der Waals surface area contributed by atoms with Gasteiger partial charge in [-0.3, -0.25) is 4.79 Å². The van der Waals surface area contributed by atoms with Gasteiger partial charge >= 0.3 is 5.97 Å². The molecule has 2 atom stereocenters. The molecule has 0 aliphatic heterocycles. The lowest BCUT2D eigenvalue weighted by molar-refractivity contribution is -0.142. The van der Waals surface area contributed by atoms with Crippen LogP contribution in [0.15, 0.2) is 0 Å². The number of nitrogens with one attached hydrogen (secondary N) is 1. The molecule has 1 aliphatic rings. The summed E-state index contributed by atoms with van der Waals surface area (Å²) in [7, 11) is -3.39. The molecule has 17 heavy (non-hydrogen) atoms. The molecule has 2 N–H and O–H groups in total. The molecule has 6 heteroatoms. The second-order valence-electron chi connectivity index (χ2n) is 4.90. The van der Waals surface area contributed by atoms with Gasteiger partial charge in [-0.05, 0) is 26.7 Å². The summed E-state index contributed by atoms with van der Waals surface area (Å²) in [5.74, 6) is -1.49. The Bertz CT molecular complexity index is 364. The van der Waals surface area contributed by atoms with Crippen LogP contribution in [-0.4, -0.2) is 30.8 Å². The average Bonchev–Trinajstić information content (AvgIpc) is 2.42. The monoisotopic (exact) mass is 263 g/mol. The van der Waals surface area contributed by atoms with Gasteiger partial charge in [0.25, 0.3) is 0 Å². The van der Waals surface area contributed by atoms with Crippen molar-refractivity contribution in [3.8, 4) is 0 Å². The van der Waals surface area contributed by atoms with Gasteiger partial charge in [0.15, 0.2) is 0 Å². The van der Waals surface area contributed by atoms with Gasteiger partial charge in [-0.1, -0.05) is 19.3 Å². The predicted octanol–water partition coefficient (Wildman–Crippen LogP) is 1.35. The van der Waals surface area contributed by atoms with Crippen LogP contribution in [0.4, 0.5) is 0 Å². The van der Waals surface area contributed by atoms with Crippen LogP contribution in [-0.2, 0) is 14.8 Å². The average molecular weight is 263 g/mol. The van der Waals surface area contributed by atoms with Crippen molar-refractivity contribution >= 4 is 16.0 Å². The summed E-state index contributed by atoms with van der Waals surface area (Å²) in [6.07, 6.45) is 3.89. The summed E-state index contributed by atoms with van der Waals surface area (Å²) in [5.41, 5.74) is 0. The van der Waals surface area contributed by atoms with Crippen LogP contribution in [0.1, 0.15) is 46.0 Å². The number of carboxylic acids is 1. The van der Waals surface area contributed by atoms with E-state index in [1.807, 2.05) is 0 Å². The molecule has 5 nitrogen and oxygen atoms in total. The zero-order valence-corrected chi connectivity index (χ0v) is 11.2. The first-order valence-corrected chi connectivity index (χ1v) is 7.63. The van der Waals surface area contributed by atoms with Gasteiger partial charge in [-0.15, -0.1) is 0 Å². The number of rotatable bonds is 4. The Balaban J connectivity index is 2.81. The van der Waals surface area contributed by atoms with Crippen LogP contribution in [0.5, 0.6) is 0 Å². The summed E-state index contributed by atoms with van der Waals surface area (Å²) in [5, 5.41) is 8.61. The van der Waals surface area contributed by atoms with Gasteiger partial charge in [0.2, 0.25) is 10.0 Å². The molecule has 100 valence electrons. The summed E-state index contributed by atoms with van der Waals surface area (Å²) < 4.78 is 26.1. The van der Waals surface area contributed by atoms with Crippen LogP contribution >= 0.6 is 0 Å². The van der Waals surface area contributed by atoms with Crippen molar-refractivity contribution in [1.29, 1.82) is 0 Å². The van der Waals surface area contributed by atoms with E-state index in [9.17, 15) is 13.2 Å². The van der Waals surface area contributed by atoms with Crippen molar-refractivity contribution in [3.63, 3.8) is 0 Å². The maximum absolute atomic E-state index is 11.8. The molecule has 0 aromatic heterocycles. The minimum Gasteiger partial charge on any atom is -0.481 e. The number of carboxylic acid groups (broad SMARTS) is 1. The van der Waals surface area contributed by atoms with E-state index in [-0.39, 0.29) is 0 Å². The highest BCUT2D eigenvalue weighted by atomic mass is 32.2. The van der Waals surface area contributed by atoms with Crippen LogP contribution in [0.2, 0.25) is 0 Å². The van der Waals surface area contributed by atoms with E-state index >= 15 is 0 Å². The normalized spacial score (nSPS) is 26.8. The first-order chi connectivity index (χ1) is 7.84. The summed E-state index contributed by atoms with van der Waals surface area (Å²) in [4.78, 5) is 11.1. The Labute approximate surface area is 103 Å². The highest BCUT2D eigenvalue weighted by Gasteiger charge is 2.33. The van der Waals surface area contributed by atoms with Gasteiger partial charge in [0, 0.05) is 6.04 Å². The van der Waals surface area contributed by atoms with E-state index in [0.29, 0.717) is 12.8 Å². The van der Waals surface area contributed by atoms with Gasteiger partial charge in [-0.25, -0.2) is 13.1 Å². The third kappa shape index (κ3) is 3.96. The smallest absolute Gasteiger partial charge is 0.308 e. The molecular weight excluding hydrogens is 242 g/mol. The second-order valence-corrected chi connectivity index (χ2v) is 7.17. The predicted molar refractivity (Wildman–Crippen MR) is 65.2 cm³/mol. The molecule has 0 aromatic carbocycles. The first kappa shape index (κ1) is 14.4. The number of carbonyl (C=O) groups is 1. The number of sulfonamides is 1. The van der Waals surface area contributed by atoms with Crippen molar-refractivity contribution < 1.29 is 18.3 Å². The van der Waals surface area contributed by atoms with E-state index in [1.54, 1.807) is 13.8 Å². The Morgan fingerprint density at radius 2 is 1.82 bits per heavy atom. The topological polar surface area (TPSA) is 83.5 Å². The minimum absolute atomic E-state index is 0.456. The van der Waals surface area contributed by atoms with Crippen molar-refractivity contribution in [2.24, 2.45) is 5.92 Å². The largest absolute Gasteiger partial charge is 0.481 e. The zero-order chi connectivity index (χ0) is 13.1. The molecule has 2 unspecified atom stereocenters. The third-order valence-electron chi connectivity index (χ3n) is 3.27. The molecule has 1 aliphatic carbocycles. The van der Waals surface area contributed by atoms with E-state index in [1.165, 1.54) is 0 Å². The standard InChI is InChI=1S/C11H21NO4S/c1-8(2)17(15,16)12-10-7-5-3-4-6-9(10)11(13)14/h8-10,12H,3-7H2,1-2H3,(H,13,14). The Morgan fingerprint density at radius 3 is 2.35 bits per heavy atom. The Morgan fingerprint density at radius 1 is 1.24 bits per heavy atom. The molecule has 1 fully saturated rings. The first-order valence-electron chi connectivity index (χ1n) is 6.08. The van der Waals surface area contributed by atoms with Crippen molar-refractivity contribution in [2.75, 3.05) is 0 Å². The lowest BCUT2D eigenvalue weighted by atomic mass is 9.96. The SMILES string of the molecule is CC(C)S(=O)(=O)NC1CCCCCC1C(=O)O. The summed E-state index contributed by atoms with van der Waals surface area (Å²) in [6.45, 7) is 3.18. The van der Waals surface area contributed by atoms with E-state index in [4.69, 9.17) is 5.11 Å². The maximum atomic E-state index is 11.8. The zero-order valence-electron chi connectivity index (χ0n) is 10.3. The van der Waals surface area contributed by atoms with Gasteiger partial charge < -0.3 is 5.11 Å². The molecule has 1 rings (SSSR count). The van der Waals surface area contributed by atoms with Crippen LogP contribution in [0.3, 0.4) is 0 Å². The summed E-state index contributed by atoms with van der Waals surface area (Å²) >= 11 is 0. The Kier molecular flexibility index (Phi) is 4.94. The van der Waals surface area contributed by atoms with Crippen LogP contribution in [0.25, 0.3) is 0 Å². The van der Waals surface area contributed by atoms with Gasteiger partial charge in [0.05, 0.1) is 11.2 Å². The lowest BCUT2D eigenvalue weighted by Gasteiger charge is -2.23. The molecule has 0 saturated heterocycles. The van der Waals surface area contributed by atoms with Gasteiger partial charge in [-0.2, -0.15) is 0 Å². The second kappa shape index (κ2) is 5.82. The molecule has 0 amide bonds. The highest BCUT2D eigenvalue weighted by molar-refractivity contribution is 7.90. The molecule has 0 radical (unpaired) electrons. The Hall–Kier alpha value is -0.620. The van der Waals surface area contributed by atoms with Crippen LogP contribution < -0.4 is 4.72 Å². The quantitative estimate of drug-likeness (QED) is 0.750. The van der Waals surface area contributed by atoms with Crippen LogP contribution in [0, 0.1) is 5.92 Å². The number of hydrogen-bond acceptors (Lipinski definition) is 3. The number of aliphatic carboxylic acids is 1. The fraction of sp³-hybridized carbons (Fsp3) is 0.909.